The molecular formula is C19H23NO3S. The number of anilines is 1. The van der Waals surface area contributed by atoms with Gasteiger partial charge in [0.2, 0.25) is 0 Å². The molecule has 0 amide bonds. The van der Waals surface area contributed by atoms with Gasteiger partial charge in [0.05, 0.1) is 23.8 Å². The van der Waals surface area contributed by atoms with Crippen LogP contribution in [0.15, 0.2) is 59.5 Å². The standard InChI is InChI=1S/C19H23NO3S/c1-24(21,22)19-10-6-5-9-18(19)20-12-11-17(13-20)15-23-14-16-7-3-2-4-8-16/h2-10,17H,11-15H2,1H3/t17-/m1/s1. The molecule has 0 aliphatic carbocycles. The second-order valence-electron chi connectivity index (χ2n) is 6.34. The van der Waals surface area contributed by atoms with E-state index in [1.807, 2.05) is 30.3 Å². The second kappa shape index (κ2) is 7.36. The fourth-order valence-corrected chi connectivity index (χ4v) is 4.04. The molecule has 0 bridgehead atoms. The highest BCUT2D eigenvalue weighted by Crippen LogP contribution is 2.30. The minimum absolute atomic E-state index is 0.413. The van der Waals surface area contributed by atoms with Gasteiger partial charge in [0.25, 0.3) is 0 Å². The van der Waals surface area contributed by atoms with Crippen molar-refractivity contribution in [3.63, 3.8) is 0 Å². The second-order valence-corrected chi connectivity index (χ2v) is 8.33. The Labute approximate surface area is 144 Å². The SMILES string of the molecule is CS(=O)(=O)c1ccccc1N1CC[C@@H](COCc2ccccc2)C1. The van der Waals surface area contributed by atoms with E-state index in [1.54, 1.807) is 12.1 Å². The molecule has 0 saturated carbocycles. The fraction of sp³-hybridized carbons (Fsp3) is 0.368. The molecule has 3 rings (SSSR count). The first-order valence-electron chi connectivity index (χ1n) is 8.20. The lowest BCUT2D eigenvalue weighted by Gasteiger charge is -2.21. The normalized spacial score (nSPS) is 18.0. The van der Waals surface area contributed by atoms with Crippen LogP contribution >= 0.6 is 0 Å². The average Bonchev–Trinajstić information content (AvgIpc) is 3.04. The third kappa shape index (κ3) is 4.16. The fourth-order valence-electron chi connectivity index (χ4n) is 3.14. The molecule has 4 nitrogen and oxygen atoms in total. The molecule has 0 unspecified atom stereocenters. The van der Waals surface area contributed by atoms with E-state index in [0.29, 0.717) is 24.0 Å². The number of para-hydroxylation sites is 1. The number of nitrogens with zero attached hydrogens (tertiary/aromatic N) is 1. The largest absolute Gasteiger partial charge is 0.376 e. The van der Waals surface area contributed by atoms with Crippen LogP contribution in [0, 0.1) is 5.92 Å². The maximum atomic E-state index is 12.0. The van der Waals surface area contributed by atoms with Gasteiger partial charge in [0.15, 0.2) is 9.84 Å². The van der Waals surface area contributed by atoms with Gasteiger partial charge in [0, 0.05) is 25.3 Å². The summed E-state index contributed by atoms with van der Waals surface area (Å²) < 4.78 is 29.8. The van der Waals surface area contributed by atoms with E-state index in [4.69, 9.17) is 4.74 Å². The van der Waals surface area contributed by atoms with E-state index in [0.717, 1.165) is 25.2 Å². The van der Waals surface area contributed by atoms with E-state index in [-0.39, 0.29) is 0 Å². The van der Waals surface area contributed by atoms with Crippen LogP contribution in [0.3, 0.4) is 0 Å². The number of benzene rings is 2. The summed E-state index contributed by atoms with van der Waals surface area (Å²) in [6, 6.07) is 17.4. The summed E-state index contributed by atoms with van der Waals surface area (Å²) in [5.74, 6) is 0.432. The molecule has 5 heteroatoms. The van der Waals surface area contributed by atoms with Gasteiger partial charge in [-0.05, 0) is 24.1 Å². The number of rotatable bonds is 6. The first-order chi connectivity index (χ1) is 11.5. The zero-order valence-electron chi connectivity index (χ0n) is 13.9. The molecule has 1 fully saturated rings. The molecule has 1 saturated heterocycles. The molecule has 0 spiro atoms. The van der Waals surface area contributed by atoms with Crippen molar-refractivity contribution < 1.29 is 13.2 Å². The van der Waals surface area contributed by atoms with Crippen molar-refractivity contribution in [2.45, 2.75) is 17.9 Å². The maximum Gasteiger partial charge on any atom is 0.177 e. The van der Waals surface area contributed by atoms with Crippen molar-refractivity contribution in [1.82, 2.24) is 0 Å². The minimum Gasteiger partial charge on any atom is -0.376 e. The van der Waals surface area contributed by atoms with Gasteiger partial charge < -0.3 is 9.64 Å². The van der Waals surface area contributed by atoms with Crippen LogP contribution in [-0.4, -0.2) is 34.4 Å². The smallest absolute Gasteiger partial charge is 0.177 e. The van der Waals surface area contributed by atoms with E-state index in [2.05, 4.69) is 17.0 Å². The van der Waals surface area contributed by atoms with Gasteiger partial charge >= 0.3 is 0 Å². The summed E-state index contributed by atoms with van der Waals surface area (Å²) in [5.41, 5.74) is 1.99. The molecule has 24 heavy (non-hydrogen) atoms. The first kappa shape index (κ1) is 17.0. The van der Waals surface area contributed by atoms with Gasteiger partial charge in [-0.15, -0.1) is 0 Å². The monoisotopic (exact) mass is 345 g/mol. The minimum atomic E-state index is -3.21. The van der Waals surface area contributed by atoms with Crippen molar-refractivity contribution >= 4 is 15.5 Å². The molecule has 2 aromatic carbocycles. The third-order valence-electron chi connectivity index (χ3n) is 4.36. The van der Waals surface area contributed by atoms with E-state index < -0.39 is 9.84 Å². The van der Waals surface area contributed by atoms with Crippen LogP contribution in [0.5, 0.6) is 0 Å². The molecule has 128 valence electrons. The van der Waals surface area contributed by atoms with E-state index >= 15 is 0 Å². The zero-order valence-corrected chi connectivity index (χ0v) is 14.7. The van der Waals surface area contributed by atoms with Crippen LogP contribution in [0.2, 0.25) is 0 Å². The Morgan fingerprint density at radius 3 is 2.54 bits per heavy atom. The van der Waals surface area contributed by atoms with Crippen molar-refractivity contribution in [2.24, 2.45) is 5.92 Å². The predicted molar refractivity (Wildman–Crippen MR) is 96.0 cm³/mol. The Hall–Kier alpha value is -1.85. The molecule has 0 aromatic heterocycles. The zero-order chi connectivity index (χ0) is 17.0. The quantitative estimate of drug-likeness (QED) is 0.807. The van der Waals surface area contributed by atoms with Crippen molar-refractivity contribution in [3.05, 3.63) is 60.2 Å². The topological polar surface area (TPSA) is 46.6 Å². The van der Waals surface area contributed by atoms with Crippen molar-refractivity contribution in [1.29, 1.82) is 0 Å². The lowest BCUT2D eigenvalue weighted by atomic mass is 10.1. The molecule has 2 aromatic rings. The van der Waals surface area contributed by atoms with Crippen molar-refractivity contribution in [3.8, 4) is 0 Å². The predicted octanol–water partition coefficient (Wildman–Crippen LogP) is 3.13. The van der Waals surface area contributed by atoms with Gasteiger partial charge in [-0.25, -0.2) is 8.42 Å². The first-order valence-corrected chi connectivity index (χ1v) is 10.1. The molecular weight excluding hydrogens is 322 g/mol. The summed E-state index contributed by atoms with van der Waals surface area (Å²) in [7, 11) is -3.21. The Bertz CT molecular complexity index is 774. The Morgan fingerprint density at radius 1 is 1.08 bits per heavy atom. The maximum absolute atomic E-state index is 12.0. The van der Waals surface area contributed by atoms with E-state index in [1.165, 1.54) is 11.8 Å². The van der Waals surface area contributed by atoms with Crippen LogP contribution < -0.4 is 4.90 Å². The third-order valence-corrected chi connectivity index (χ3v) is 5.50. The molecule has 1 aliphatic rings. The molecule has 1 atom stereocenters. The van der Waals surface area contributed by atoms with Crippen LogP contribution in [0.25, 0.3) is 0 Å². The number of ether oxygens (including phenoxy) is 1. The lowest BCUT2D eigenvalue weighted by molar-refractivity contribution is 0.0929. The highest BCUT2D eigenvalue weighted by atomic mass is 32.2. The summed E-state index contributed by atoms with van der Waals surface area (Å²) in [6.07, 6.45) is 2.29. The highest BCUT2D eigenvalue weighted by molar-refractivity contribution is 7.90. The van der Waals surface area contributed by atoms with Crippen molar-refractivity contribution in [2.75, 3.05) is 30.9 Å². The van der Waals surface area contributed by atoms with Gasteiger partial charge in [-0.3, -0.25) is 0 Å². The van der Waals surface area contributed by atoms with Gasteiger partial charge in [-0.1, -0.05) is 42.5 Å². The molecule has 0 N–H and O–H groups in total. The lowest BCUT2D eigenvalue weighted by Crippen LogP contribution is -2.23. The summed E-state index contributed by atoms with van der Waals surface area (Å²) in [4.78, 5) is 2.57. The highest BCUT2D eigenvalue weighted by Gasteiger charge is 2.26. The molecule has 1 heterocycles. The van der Waals surface area contributed by atoms with Crippen LogP contribution in [0.4, 0.5) is 5.69 Å². The molecule has 1 aliphatic heterocycles. The van der Waals surface area contributed by atoms with Crippen LogP contribution in [0.1, 0.15) is 12.0 Å². The van der Waals surface area contributed by atoms with Gasteiger partial charge in [-0.2, -0.15) is 0 Å². The Balaban J connectivity index is 1.58. The summed E-state index contributed by atoms with van der Waals surface area (Å²) in [6.45, 7) is 3.02. The molecule has 0 radical (unpaired) electrons. The summed E-state index contributed by atoms with van der Waals surface area (Å²) in [5, 5.41) is 0. The summed E-state index contributed by atoms with van der Waals surface area (Å²) >= 11 is 0. The average molecular weight is 345 g/mol. The number of sulfone groups is 1. The Morgan fingerprint density at radius 2 is 1.79 bits per heavy atom. The van der Waals surface area contributed by atoms with E-state index in [9.17, 15) is 8.42 Å². The van der Waals surface area contributed by atoms with Crippen LogP contribution in [-0.2, 0) is 21.2 Å². The number of hydrogen-bond donors (Lipinski definition) is 0. The number of hydrogen-bond acceptors (Lipinski definition) is 4. The van der Waals surface area contributed by atoms with Gasteiger partial charge in [0.1, 0.15) is 0 Å². The Kier molecular flexibility index (Phi) is 5.21.